The van der Waals surface area contributed by atoms with E-state index in [0.717, 1.165) is 18.7 Å². The molecule has 0 bridgehead atoms. The van der Waals surface area contributed by atoms with Crippen molar-refractivity contribution in [2.75, 3.05) is 12.3 Å². The maximum absolute atomic E-state index is 11.5. The van der Waals surface area contributed by atoms with E-state index in [2.05, 4.69) is 39.9 Å². The average Bonchev–Trinajstić information content (AvgIpc) is 2.11. The van der Waals surface area contributed by atoms with E-state index in [-0.39, 0.29) is 10.7 Å². The lowest BCUT2D eigenvalue weighted by Gasteiger charge is -2.23. The van der Waals surface area contributed by atoms with Gasteiger partial charge in [-0.2, -0.15) is 11.8 Å². The first kappa shape index (κ1) is 14.8. The Morgan fingerprint density at radius 1 is 1.40 bits per heavy atom. The molecule has 0 spiro atoms. The van der Waals surface area contributed by atoms with Gasteiger partial charge in [-0.25, -0.2) is 0 Å². The van der Waals surface area contributed by atoms with Crippen molar-refractivity contribution < 1.29 is 4.79 Å². The smallest absolute Gasteiger partial charge is 0.220 e. The quantitative estimate of drug-likeness (QED) is 0.729. The molecule has 1 amide bonds. The third-order valence-electron chi connectivity index (χ3n) is 2.20. The van der Waals surface area contributed by atoms with Gasteiger partial charge in [0.05, 0.1) is 0 Å². The molecule has 0 fully saturated rings. The summed E-state index contributed by atoms with van der Waals surface area (Å²) >= 11 is 1.89. The molecular weight excluding hydrogens is 206 g/mol. The molecule has 1 N–H and O–H groups in total. The number of thioether (sulfide) groups is 1. The molecule has 15 heavy (non-hydrogen) atoms. The maximum atomic E-state index is 11.5. The Balaban J connectivity index is 3.70. The van der Waals surface area contributed by atoms with Crippen molar-refractivity contribution in [1.82, 2.24) is 5.32 Å². The fourth-order valence-electron chi connectivity index (χ4n) is 1.26. The first-order valence-corrected chi connectivity index (χ1v) is 6.76. The van der Waals surface area contributed by atoms with Crippen molar-refractivity contribution >= 4 is 17.7 Å². The topological polar surface area (TPSA) is 29.1 Å². The molecule has 0 aliphatic rings. The summed E-state index contributed by atoms with van der Waals surface area (Å²) in [5.41, 5.74) is 0. The van der Waals surface area contributed by atoms with Crippen LogP contribution in [-0.4, -0.2) is 23.0 Å². The van der Waals surface area contributed by atoms with E-state index in [1.165, 1.54) is 0 Å². The van der Waals surface area contributed by atoms with Crippen LogP contribution < -0.4 is 5.32 Å². The highest BCUT2D eigenvalue weighted by atomic mass is 32.2. The Morgan fingerprint density at radius 2 is 2.00 bits per heavy atom. The van der Waals surface area contributed by atoms with Crippen molar-refractivity contribution in [3.05, 3.63) is 0 Å². The van der Waals surface area contributed by atoms with Crippen LogP contribution in [0.4, 0.5) is 0 Å². The molecule has 0 saturated carbocycles. The number of carbonyl (C=O) groups is 1. The summed E-state index contributed by atoms with van der Waals surface area (Å²) < 4.78 is 0.155. The summed E-state index contributed by atoms with van der Waals surface area (Å²) in [6.45, 7) is 11.5. The largest absolute Gasteiger partial charge is 0.355 e. The van der Waals surface area contributed by atoms with Gasteiger partial charge in [0.1, 0.15) is 0 Å². The number of hydrogen-bond donors (Lipinski definition) is 1. The van der Waals surface area contributed by atoms with E-state index in [1.807, 2.05) is 11.8 Å². The molecule has 0 unspecified atom stereocenters. The van der Waals surface area contributed by atoms with Crippen molar-refractivity contribution in [2.24, 2.45) is 5.92 Å². The van der Waals surface area contributed by atoms with E-state index < -0.39 is 0 Å². The molecule has 0 aliphatic heterocycles. The lowest BCUT2D eigenvalue weighted by molar-refractivity contribution is -0.121. The summed E-state index contributed by atoms with van der Waals surface area (Å²) in [7, 11) is 0. The van der Waals surface area contributed by atoms with Crippen LogP contribution in [0.5, 0.6) is 0 Å². The van der Waals surface area contributed by atoms with Gasteiger partial charge in [0.15, 0.2) is 0 Å². The molecule has 0 rings (SSSR count). The van der Waals surface area contributed by atoms with Gasteiger partial charge in [-0.1, -0.05) is 20.8 Å². The molecule has 0 aromatic heterocycles. The van der Waals surface area contributed by atoms with Crippen LogP contribution in [0.3, 0.4) is 0 Å². The van der Waals surface area contributed by atoms with Gasteiger partial charge in [0.2, 0.25) is 5.91 Å². The predicted molar refractivity (Wildman–Crippen MR) is 69.3 cm³/mol. The van der Waals surface area contributed by atoms with Crippen LogP contribution >= 0.6 is 11.8 Å². The first-order chi connectivity index (χ1) is 6.87. The molecule has 0 aromatic rings. The van der Waals surface area contributed by atoms with E-state index in [1.54, 1.807) is 0 Å². The minimum absolute atomic E-state index is 0.155. The number of nitrogens with one attached hydrogen (secondary N) is 1. The molecule has 0 heterocycles. The highest BCUT2D eigenvalue weighted by Gasteiger charge is 2.18. The number of hydrogen-bond acceptors (Lipinski definition) is 2. The van der Waals surface area contributed by atoms with Crippen LogP contribution in [0.25, 0.3) is 0 Å². The van der Waals surface area contributed by atoms with Crippen molar-refractivity contribution in [2.45, 2.75) is 52.2 Å². The molecule has 2 nitrogen and oxygen atoms in total. The molecule has 0 aliphatic carbocycles. The van der Waals surface area contributed by atoms with Gasteiger partial charge in [-0.15, -0.1) is 0 Å². The Labute approximate surface area is 98.6 Å². The molecule has 0 saturated heterocycles. The standard InChI is InChI=1S/C12H25NOS/c1-6-15-12(4,5)9-13-11(14)8-7-10(2)3/h10H,6-9H2,1-5H3,(H,13,14). The van der Waals surface area contributed by atoms with E-state index >= 15 is 0 Å². The zero-order chi connectivity index (χ0) is 11.9. The van der Waals surface area contributed by atoms with E-state index in [9.17, 15) is 4.79 Å². The van der Waals surface area contributed by atoms with Crippen LogP contribution in [0.15, 0.2) is 0 Å². The Kier molecular flexibility index (Phi) is 7.07. The van der Waals surface area contributed by atoms with E-state index in [4.69, 9.17) is 0 Å². The molecule has 90 valence electrons. The summed E-state index contributed by atoms with van der Waals surface area (Å²) in [6.07, 6.45) is 1.64. The summed E-state index contributed by atoms with van der Waals surface area (Å²) in [4.78, 5) is 11.5. The lowest BCUT2D eigenvalue weighted by atomic mass is 10.1. The van der Waals surface area contributed by atoms with Crippen molar-refractivity contribution in [1.29, 1.82) is 0 Å². The molecular formula is C12H25NOS. The fourth-order valence-corrected chi connectivity index (χ4v) is 2.22. The normalized spacial score (nSPS) is 11.9. The van der Waals surface area contributed by atoms with E-state index in [0.29, 0.717) is 12.3 Å². The molecule has 0 radical (unpaired) electrons. The highest BCUT2D eigenvalue weighted by molar-refractivity contribution is 8.00. The number of carbonyl (C=O) groups excluding carboxylic acids is 1. The zero-order valence-corrected chi connectivity index (χ0v) is 11.5. The number of amides is 1. The average molecular weight is 231 g/mol. The molecule has 0 aromatic carbocycles. The molecule has 0 atom stereocenters. The highest BCUT2D eigenvalue weighted by Crippen LogP contribution is 2.22. The third kappa shape index (κ3) is 8.79. The second kappa shape index (κ2) is 7.15. The minimum Gasteiger partial charge on any atom is -0.355 e. The fraction of sp³-hybridized carbons (Fsp3) is 0.917. The maximum Gasteiger partial charge on any atom is 0.220 e. The summed E-state index contributed by atoms with van der Waals surface area (Å²) in [6, 6.07) is 0. The minimum atomic E-state index is 0.155. The van der Waals surface area contributed by atoms with Crippen LogP contribution in [-0.2, 0) is 4.79 Å². The van der Waals surface area contributed by atoms with Gasteiger partial charge in [-0.05, 0) is 31.9 Å². The monoisotopic (exact) mass is 231 g/mol. The number of rotatable bonds is 7. The van der Waals surface area contributed by atoms with Gasteiger partial charge in [0, 0.05) is 17.7 Å². The zero-order valence-electron chi connectivity index (χ0n) is 10.7. The van der Waals surface area contributed by atoms with Crippen LogP contribution in [0.1, 0.15) is 47.5 Å². The van der Waals surface area contributed by atoms with Crippen molar-refractivity contribution in [3.63, 3.8) is 0 Å². The van der Waals surface area contributed by atoms with Gasteiger partial charge < -0.3 is 5.32 Å². The SMILES string of the molecule is CCSC(C)(C)CNC(=O)CCC(C)C. The van der Waals surface area contributed by atoms with Gasteiger partial charge in [-0.3, -0.25) is 4.79 Å². The Morgan fingerprint density at radius 3 is 2.47 bits per heavy atom. The summed E-state index contributed by atoms with van der Waals surface area (Å²) in [5.74, 6) is 1.89. The second-order valence-corrected chi connectivity index (χ2v) is 6.87. The van der Waals surface area contributed by atoms with Crippen LogP contribution in [0, 0.1) is 5.92 Å². The lowest BCUT2D eigenvalue weighted by Crippen LogP contribution is -2.36. The molecule has 3 heteroatoms. The predicted octanol–water partition coefficient (Wildman–Crippen LogP) is 3.07. The first-order valence-electron chi connectivity index (χ1n) is 5.78. The Hall–Kier alpha value is -0.180. The van der Waals surface area contributed by atoms with Gasteiger partial charge in [0.25, 0.3) is 0 Å². The van der Waals surface area contributed by atoms with Crippen LogP contribution in [0.2, 0.25) is 0 Å². The Bertz CT molecular complexity index is 190. The second-order valence-electron chi connectivity index (χ2n) is 4.90. The summed E-state index contributed by atoms with van der Waals surface area (Å²) in [5, 5.41) is 3.00. The van der Waals surface area contributed by atoms with Crippen molar-refractivity contribution in [3.8, 4) is 0 Å². The van der Waals surface area contributed by atoms with Gasteiger partial charge >= 0.3 is 0 Å². The third-order valence-corrected chi connectivity index (χ3v) is 3.41.